The number of likely N-dealkylation sites (N-methyl/N-ethyl adjacent to an activating group) is 1. The average molecular weight is 228 g/mol. The number of aliphatic hydroxyl groups is 1. The first-order valence-electron chi connectivity index (χ1n) is 6.28. The summed E-state index contributed by atoms with van der Waals surface area (Å²) >= 11 is 0. The molecule has 4 heteroatoms. The maximum atomic E-state index is 11.7. The molecular weight excluding hydrogens is 204 g/mol. The lowest BCUT2D eigenvalue weighted by Crippen LogP contribution is -2.53. The van der Waals surface area contributed by atoms with Gasteiger partial charge in [0.1, 0.15) is 6.23 Å². The third-order valence-corrected chi connectivity index (χ3v) is 3.46. The number of nitrogens with zero attached hydrogens (tertiary/aromatic N) is 2. The Morgan fingerprint density at radius 3 is 2.56 bits per heavy atom. The van der Waals surface area contributed by atoms with Crippen molar-refractivity contribution < 1.29 is 9.90 Å². The minimum Gasteiger partial charge on any atom is -0.378 e. The fourth-order valence-corrected chi connectivity index (χ4v) is 1.99. The molecule has 0 aromatic rings. The lowest BCUT2D eigenvalue weighted by molar-refractivity contribution is -0.141. The van der Waals surface area contributed by atoms with E-state index in [2.05, 4.69) is 13.8 Å². The van der Waals surface area contributed by atoms with Crippen molar-refractivity contribution in [2.24, 2.45) is 5.92 Å². The molecule has 1 N–H and O–H groups in total. The van der Waals surface area contributed by atoms with Gasteiger partial charge in [-0.15, -0.1) is 0 Å². The number of hydrogen-bond donors (Lipinski definition) is 1. The first kappa shape index (κ1) is 13.5. The fourth-order valence-electron chi connectivity index (χ4n) is 1.99. The summed E-state index contributed by atoms with van der Waals surface area (Å²) < 4.78 is 0. The number of rotatable bonds is 5. The predicted molar refractivity (Wildman–Crippen MR) is 63.9 cm³/mol. The largest absolute Gasteiger partial charge is 0.378 e. The van der Waals surface area contributed by atoms with Crippen LogP contribution in [0.2, 0.25) is 0 Å². The Morgan fingerprint density at radius 2 is 2.06 bits per heavy atom. The zero-order valence-corrected chi connectivity index (χ0v) is 10.6. The topological polar surface area (TPSA) is 43.8 Å². The van der Waals surface area contributed by atoms with Crippen molar-refractivity contribution in [1.82, 2.24) is 9.80 Å². The second-order valence-electron chi connectivity index (χ2n) is 4.67. The Bertz CT molecular complexity index is 233. The van der Waals surface area contributed by atoms with E-state index in [4.69, 9.17) is 0 Å². The van der Waals surface area contributed by atoms with Crippen LogP contribution in [0.25, 0.3) is 0 Å². The van der Waals surface area contributed by atoms with Gasteiger partial charge in [-0.2, -0.15) is 0 Å². The number of aliphatic hydroxyl groups excluding tert-OH is 1. The molecule has 0 aromatic heterocycles. The average Bonchev–Trinajstić information content (AvgIpc) is 2.28. The summed E-state index contributed by atoms with van der Waals surface area (Å²) in [5.41, 5.74) is 0. The molecule has 0 spiro atoms. The van der Waals surface area contributed by atoms with E-state index in [-0.39, 0.29) is 5.91 Å². The molecule has 4 nitrogen and oxygen atoms in total. The van der Waals surface area contributed by atoms with Crippen LogP contribution in [0.5, 0.6) is 0 Å². The summed E-state index contributed by atoms with van der Waals surface area (Å²) in [5.74, 6) is 0.645. The summed E-state index contributed by atoms with van der Waals surface area (Å²) in [6.45, 7) is 8.91. The van der Waals surface area contributed by atoms with Gasteiger partial charge < -0.3 is 10.0 Å². The normalized spacial score (nSPS) is 22.2. The van der Waals surface area contributed by atoms with Crippen molar-refractivity contribution in [2.75, 3.05) is 26.2 Å². The molecule has 1 rings (SSSR count). The molecule has 1 fully saturated rings. The molecule has 1 aliphatic rings. The lowest BCUT2D eigenvalue weighted by atomic mass is 10.0. The first-order valence-corrected chi connectivity index (χ1v) is 6.28. The number of hydrogen-bond acceptors (Lipinski definition) is 3. The van der Waals surface area contributed by atoms with Crippen LogP contribution >= 0.6 is 0 Å². The molecule has 0 aliphatic carbocycles. The van der Waals surface area contributed by atoms with Crippen molar-refractivity contribution in [3.05, 3.63) is 0 Å². The van der Waals surface area contributed by atoms with Crippen LogP contribution in [0.1, 0.15) is 33.6 Å². The minimum atomic E-state index is -0.460. The highest BCUT2D eigenvalue weighted by Crippen LogP contribution is 2.15. The zero-order valence-electron chi connectivity index (χ0n) is 10.6. The van der Waals surface area contributed by atoms with Crippen LogP contribution < -0.4 is 0 Å². The SMILES string of the molecule is CCC(C)CC(O)N1CCN(CC)C(=O)C1. The van der Waals surface area contributed by atoms with Crippen LogP contribution in [-0.4, -0.2) is 53.2 Å². The molecule has 1 aliphatic heterocycles. The molecule has 94 valence electrons. The zero-order chi connectivity index (χ0) is 12.1. The second kappa shape index (κ2) is 6.21. The molecule has 1 saturated heterocycles. The number of piperazine rings is 1. The van der Waals surface area contributed by atoms with E-state index in [1.807, 2.05) is 16.7 Å². The van der Waals surface area contributed by atoms with E-state index >= 15 is 0 Å². The van der Waals surface area contributed by atoms with Gasteiger partial charge in [0.25, 0.3) is 0 Å². The Balaban J connectivity index is 2.41. The summed E-state index contributed by atoms with van der Waals surface area (Å²) in [6, 6.07) is 0. The van der Waals surface area contributed by atoms with Crippen molar-refractivity contribution in [3.63, 3.8) is 0 Å². The molecule has 0 bridgehead atoms. The fraction of sp³-hybridized carbons (Fsp3) is 0.917. The van der Waals surface area contributed by atoms with Crippen LogP contribution in [-0.2, 0) is 4.79 Å². The van der Waals surface area contributed by atoms with Gasteiger partial charge in [0.2, 0.25) is 5.91 Å². The van der Waals surface area contributed by atoms with Crippen molar-refractivity contribution in [2.45, 2.75) is 39.8 Å². The lowest BCUT2D eigenvalue weighted by Gasteiger charge is -2.36. The summed E-state index contributed by atoms with van der Waals surface area (Å²) in [5, 5.41) is 10.0. The van der Waals surface area contributed by atoms with E-state index in [1.54, 1.807) is 0 Å². The second-order valence-corrected chi connectivity index (χ2v) is 4.67. The van der Waals surface area contributed by atoms with Gasteiger partial charge in [0.05, 0.1) is 6.54 Å². The highest BCUT2D eigenvalue weighted by Gasteiger charge is 2.27. The molecule has 16 heavy (non-hydrogen) atoms. The van der Waals surface area contributed by atoms with Gasteiger partial charge in [-0.1, -0.05) is 20.3 Å². The van der Waals surface area contributed by atoms with Crippen molar-refractivity contribution in [3.8, 4) is 0 Å². The standard InChI is InChI=1S/C12H24N2O2/c1-4-10(3)8-11(15)14-7-6-13(5-2)12(16)9-14/h10-11,15H,4-9H2,1-3H3. The predicted octanol–water partition coefficient (Wildman–Crippen LogP) is 0.905. The molecule has 1 amide bonds. The maximum Gasteiger partial charge on any atom is 0.236 e. The summed E-state index contributed by atoms with van der Waals surface area (Å²) in [6.07, 6.45) is 1.37. The van der Waals surface area contributed by atoms with Gasteiger partial charge in [-0.25, -0.2) is 0 Å². The molecular formula is C12H24N2O2. The van der Waals surface area contributed by atoms with E-state index in [0.29, 0.717) is 12.5 Å². The Hall–Kier alpha value is -0.610. The number of carbonyl (C=O) groups is 1. The van der Waals surface area contributed by atoms with Gasteiger partial charge in [0, 0.05) is 19.6 Å². The third kappa shape index (κ3) is 3.46. The van der Waals surface area contributed by atoms with E-state index < -0.39 is 6.23 Å². The Labute approximate surface area is 98.2 Å². The van der Waals surface area contributed by atoms with Crippen molar-refractivity contribution >= 4 is 5.91 Å². The third-order valence-electron chi connectivity index (χ3n) is 3.46. The van der Waals surface area contributed by atoms with E-state index in [9.17, 15) is 9.90 Å². The molecule has 1 heterocycles. The quantitative estimate of drug-likeness (QED) is 0.760. The van der Waals surface area contributed by atoms with Crippen molar-refractivity contribution in [1.29, 1.82) is 0 Å². The minimum absolute atomic E-state index is 0.136. The van der Waals surface area contributed by atoms with Crippen LogP contribution in [0, 0.1) is 5.92 Å². The van der Waals surface area contributed by atoms with Gasteiger partial charge >= 0.3 is 0 Å². The molecule has 0 radical (unpaired) electrons. The Kier molecular flexibility index (Phi) is 5.22. The van der Waals surface area contributed by atoms with Gasteiger partial charge in [-0.3, -0.25) is 9.69 Å². The van der Waals surface area contributed by atoms with E-state index in [1.165, 1.54) is 0 Å². The van der Waals surface area contributed by atoms with Gasteiger partial charge in [-0.05, 0) is 19.3 Å². The first-order chi connectivity index (χ1) is 7.58. The highest BCUT2D eigenvalue weighted by atomic mass is 16.3. The van der Waals surface area contributed by atoms with Gasteiger partial charge in [0.15, 0.2) is 0 Å². The Morgan fingerprint density at radius 1 is 1.38 bits per heavy atom. The number of amides is 1. The van der Waals surface area contributed by atoms with Crippen LogP contribution in [0.3, 0.4) is 0 Å². The molecule has 0 saturated carbocycles. The highest BCUT2D eigenvalue weighted by molar-refractivity contribution is 5.78. The summed E-state index contributed by atoms with van der Waals surface area (Å²) in [4.78, 5) is 15.4. The van der Waals surface area contributed by atoms with Crippen LogP contribution in [0.15, 0.2) is 0 Å². The molecule has 2 unspecified atom stereocenters. The molecule has 2 atom stereocenters. The maximum absolute atomic E-state index is 11.7. The van der Waals surface area contributed by atoms with Crippen LogP contribution in [0.4, 0.5) is 0 Å². The molecule has 0 aromatic carbocycles. The smallest absolute Gasteiger partial charge is 0.236 e. The number of carbonyl (C=O) groups excluding carboxylic acids is 1. The summed E-state index contributed by atoms with van der Waals surface area (Å²) in [7, 11) is 0. The van der Waals surface area contributed by atoms with E-state index in [0.717, 1.165) is 32.5 Å². The monoisotopic (exact) mass is 228 g/mol.